The summed E-state index contributed by atoms with van der Waals surface area (Å²) in [6, 6.07) is 8.06. The van der Waals surface area contributed by atoms with Crippen LogP contribution in [0.5, 0.6) is 5.75 Å². The van der Waals surface area contributed by atoms with E-state index in [0.717, 1.165) is 35.0 Å². The maximum Gasteiger partial charge on any atom is 0.573 e. The number of sulfone groups is 1. The molecule has 0 saturated heterocycles. The monoisotopic (exact) mass is 516 g/mol. The maximum atomic E-state index is 13.0. The fraction of sp³-hybridized carbons (Fsp3) is 0.190. The van der Waals surface area contributed by atoms with Gasteiger partial charge < -0.3 is 4.74 Å². The van der Waals surface area contributed by atoms with Crippen molar-refractivity contribution in [2.24, 2.45) is 0 Å². The molecular formula is C21H14F6N4O3S. The number of pyridine rings is 2. The first-order valence-electron chi connectivity index (χ1n) is 9.80. The molecule has 0 bridgehead atoms. The third-order valence-corrected chi connectivity index (χ3v) is 6.60. The minimum atomic E-state index is -4.99. The van der Waals surface area contributed by atoms with Crippen molar-refractivity contribution in [2.45, 2.75) is 24.4 Å². The first kappa shape index (κ1) is 24.4. The molecule has 3 aromatic heterocycles. The summed E-state index contributed by atoms with van der Waals surface area (Å²) in [5.41, 5.74) is -1.32. The molecule has 0 fully saturated rings. The third-order valence-electron chi connectivity index (χ3n) is 4.86. The van der Waals surface area contributed by atoms with E-state index in [2.05, 4.69) is 19.8 Å². The summed E-state index contributed by atoms with van der Waals surface area (Å²) in [5, 5.41) is 3.94. The van der Waals surface area contributed by atoms with Gasteiger partial charge >= 0.3 is 12.5 Å². The Labute approximate surface area is 193 Å². The number of aromatic nitrogens is 4. The molecule has 3 heterocycles. The lowest BCUT2D eigenvalue weighted by Crippen LogP contribution is -2.17. The van der Waals surface area contributed by atoms with Crippen molar-refractivity contribution < 1.29 is 39.5 Å². The van der Waals surface area contributed by atoms with Crippen molar-refractivity contribution in [2.75, 3.05) is 5.75 Å². The van der Waals surface area contributed by atoms with Crippen molar-refractivity contribution in [1.82, 2.24) is 19.6 Å². The molecule has 0 aliphatic heterocycles. The van der Waals surface area contributed by atoms with E-state index in [-0.39, 0.29) is 28.3 Å². The molecule has 184 valence electrons. The predicted octanol–water partition coefficient (Wildman–Crippen LogP) is 5.17. The van der Waals surface area contributed by atoms with Gasteiger partial charge in [0.15, 0.2) is 15.5 Å². The average molecular weight is 516 g/mol. The van der Waals surface area contributed by atoms with E-state index in [1.165, 1.54) is 25.1 Å². The zero-order valence-electron chi connectivity index (χ0n) is 17.6. The van der Waals surface area contributed by atoms with Crippen LogP contribution < -0.4 is 4.74 Å². The number of rotatable bonds is 5. The Hall–Kier alpha value is -3.68. The number of para-hydroxylation sites is 1. The number of hydrogen-bond acceptors (Lipinski definition) is 6. The standard InChI is InChI=1S/C21H14F6N4O3S/c1-2-35(32,33)16-9-12(14-5-3-4-6-15(14)34-21(25,26)27)10-28-18(16)19-29-17-8-7-13(20(22,23)24)11-31(17)30-19/h3-11H,2H2,1H3. The van der Waals surface area contributed by atoms with Gasteiger partial charge in [-0.1, -0.05) is 25.1 Å². The Morgan fingerprint density at radius 3 is 2.40 bits per heavy atom. The molecule has 0 saturated carbocycles. The van der Waals surface area contributed by atoms with Gasteiger partial charge in [-0.3, -0.25) is 4.98 Å². The van der Waals surface area contributed by atoms with Crippen LogP contribution in [-0.2, 0) is 16.0 Å². The van der Waals surface area contributed by atoms with Crippen molar-refractivity contribution in [3.8, 4) is 28.4 Å². The van der Waals surface area contributed by atoms with Gasteiger partial charge in [0.25, 0.3) is 0 Å². The number of nitrogens with zero attached hydrogens (tertiary/aromatic N) is 4. The van der Waals surface area contributed by atoms with Crippen molar-refractivity contribution in [3.63, 3.8) is 0 Å². The minimum absolute atomic E-state index is 0.00245. The normalized spacial score (nSPS) is 12.8. The van der Waals surface area contributed by atoms with Crippen LogP contribution in [0.4, 0.5) is 26.3 Å². The number of halogens is 6. The van der Waals surface area contributed by atoms with Gasteiger partial charge in [-0.05, 0) is 24.3 Å². The summed E-state index contributed by atoms with van der Waals surface area (Å²) in [6.07, 6.45) is -7.82. The summed E-state index contributed by atoms with van der Waals surface area (Å²) in [4.78, 5) is 7.74. The SMILES string of the molecule is CCS(=O)(=O)c1cc(-c2ccccc2OC(F)(F)F)cnc1-c1nc2ccc(C(F)(F)F)cn2n1. The Morgan fingerprint density at radius 2 is 1.74 bits per heavy atom. The number of ether oxygens (including phenoxy) is 1. The topological polar surface area (TPSA) is 86.5 Å². The molecule has 1 aromatic carbocycles. The molecule has 0 atom stereocenters. The zero-order valence-corrected chi connectivity index (χ0v) is 18.4. The summed E-state index contributed by atoms with van der Waals surface area (Å²) in [7, 11) is -4.02. The van der Waals surface area contributed by atoms with Crippen LogP contribution in [0.15, 0.2) is 59.8 Å². The van der Waals surface area contributed by atoms with Crippen molar-refractivity contribution >= 4 is 15.5 Å². The van der Waals surface area contributed by atoms with Gasteiger partial charge in [0, 0.05) is 23.5 Å². The van der Waals surface area contributed by atoms with Gasteiger partial charge in [0.2, 0.25) is 5.82 Å². The molecule has 0 N–H and O–H groups in total. The van der Waals surface area contributed by atoms with Gasteiger partial charge in [0.05, 0.1) is 16.2 Å². The Bertz CT molecular complexity index is 1510. The quantitative estimate of drug-likeness (QED) is 0.340. The van der Waals surface area contributed by atoms with Gasteiger partial charge in [-0.25, -0.2) is 17.9 Å². The highest BCUT2D eigenvalue weighted by atomic mass is 32.2. The van der Waals surface area contributed by atoms with Gasteiger partial charge in [-0.2, -0.15) is 13.2 Å². The Morgan fingerprint density at radius 1 is 1.03 bits per heavy atom. The number of fused-ring (bicyclic) bond motifs is 1. The predicted molar refractivity (Wildman–Crippen MR) is 111 cm³/mol. The molecule has 0 radical (unpaired) electrons. The zero-order chi connectivity index (χ0) is 25.6. The summed E-state index contributed by atoms with van der Waals surface area (Å²) < 4.78 is 108. The lowest BCUT2D eigenvalue weighted by Gasteiger charge is -2.14. The van der Waals surface area contributed by atoms with E-state index >= 15 is 0 Å². The maximum absolute atomic E-state index is 13.0. The third kappa shape index (κ3) is 5.06. The molecule has 14 heteroatoms. The van der Waals surface area contributed by atoms with E-state index in [9.17, 15) is 34.8 Å². The van der Waals surface area contributed by atoms with E-state index in [1.807, 2.05) is 0 Å². The fourth-order valence-corrected chi connectivity index (χ4v) is 4.28. The number of benzene rings is 1. The van der Waals surface area contributed by atoms with Crippen LogP contribution >= 0.6 is 0 Å². The van der Waals surface area contributed by atoms with Crippen molar-refractivity contribution in [3.05, 3.63) is 60.4 Å². The molecule has 0 unspecified atom stereocenters. The lowest BCUT2D eigenvalue weighted by molar-refractivity contribution is -0.274. The van der Waals surface area contributed by atoms with Crippen LogP contribution in [0.3, 0.4) is 0 Å². The van der Waals surface area contributed by atoms with Gasteiger partial charge in [0.1, 0.15) is 11.4 Å². The second-order valence-corrected chi connectivity index (χ2v) is 9.42. The molecule has 0 aliphatic carbocycles. The van der Waals surface area contributed by atoms with Crippen LogP contribution in [-0.4, -0.2) is 40.1 Å². The van der Waals surface area contributed by atoms with E-state index in [0.29, 0.717) is 6.20 Å². The Balaban J connectivity index is 1.88. The molecule has 0 amide bonds. The summed E-state index contributed by atoms with van der Waals surface area (Å²) in [5.74, 6) is -1.24. The van der Waals surface area contributed by atoms with Crippen molar-refractivity contribution in [1.29, 1.82) is 0 Å². The second-order valence-electron chi connectivity index (χ2n) is 7.17. The van der Waals surface area contributed by atoms with Crippen LogP contribution in [0, 0.1) is 0 Å². The first-order valence-corrected chi connectivity index (χ1v) is 11.5. The number of hydrogen-bond donors (Lipinski definition) is 0. The lowest BCUT2D eigenvalue weighted by atomic mass is 10.1. The Kier molecular flexibility index (Phi) is 5.95. The first-order chi connectivity index (χ1) is 16.3. The highest BCUT2D eigenvalue weighted by Gasteiger charge is 2.33. The highest BCUT2D eigenvalue weighted by Crippen LogP contribution is 2.36. The molecular weight excluding hydrogens is 502 g/mol. The van der Waals surface area contributed by atoms with Crippen LogP contribution in [0.25, 0.3) is 28.3 Å². The smallest absolute Gasteiger partial charge is 0.405 e. The van der Waals surface area contributed by atoms with Crippen LogP contribution in [0.1, 0.15) is 12.5 Å². The molecule has 35 heavy (non-hydrogen) atoms. The summed E-state index contributed by atoms with van der Waals surface area (Å²) in [6.45, 7) is 1.35. The second kappa shape index (κ2) is 8.52. The molecule has 4 aromatic rings. The summed E-state index contributed by atoms with van der Waals surface area (Å²) >= 11 is 0. The molecule has 4 rings (SSSR count). The van der Waals surface area contributed by atoms with E-state index in [4.69, 9.17) is 0 Å². The van der Waals surface area contributed by atoms with Gasteiger partial charge in [-0.15, -0.1) is 18.3 Å². The minimum Gasteiger partial charge on any atom is -0.405 e. The van der Waals surface area contributed by atoms with E-state index in [1.54, 1.807) is 0 Å². The van der Waals surface area contributed by atoms with Crippen LogP contribution in [0.2, 0.25) is 0 Å². The highest BCUT2D eigenvalue weighted by molar-refractivity contribution is 7.91. The molecule has 0 aliphatic rings. The molecule has 0 spiro atoms. The number of alkyl halides is 6. The fourth-order valence-electron chi connectivity index (χ4n) is 3.22. The largest absolute Gasteiger partial charge is 0.573 e. The van der Waals surface area contributed by atoms with E-state index < -0.39 is 44.3 Å². The average Bonchev–Trinajstić information content (AvgIpc) is 3.21. The molecule has 7 nitrogen and oxygen atoms in total.